The molecule has 3 fully saturated rings. The molecule has 4 rings (SSSR count). The van der Waals surface area contributed by atoms with E-state index in [0.717, 1.165) is 44.5 Å². The number of carbonyl (C=O) groups is 1. The monoisotopic (exact) mass is 410 g/mol. The molecule has 0 unspecified atom stereocenters. The summed E-state index contributed by atoms with van der Waals surface area (Å²) in [5, 5.41) is 10.2. The number of rotatable bonds is 6. The van der Waals surface area contributed by atoms with E-state index in [1.54, 1.807) is 10.4 Å². The first-order valence-corrected chi connectivity index (χ1v) is 12.0. The van der Waals surface area contributed by atoms with Crippen molar-refractivity contribution in [1.29, 1.82) is 0 Å². The lowest BCUT2D eigenvalue weighted by Gasteiger charge is -2.37. The van der Waals surface area contributed by atoms with Crippen molar-refractivity contribution in [2.24, 2.45) is 11.8 Å². The summed E-state index contributed by atoms with van der Waals surface area (Å²) in [6.07, 6.45) is 4.64. The van der Waals surface area contributed by atoms with Crippen molar-refractivity contribution in [2.45, 2.75) is 51.0 Å². The van der Waals surface area contributed by atoms with Gasteiger partial charge in [0.1, 0.15) is 5.76 Å². The van der Waals surface area contributed by atoms with E-state index in [0.29, 0.717) is 31.1 Å². The van der Waals surface area contributed by atoms with Crippen molar-refractivity contribution in [3.05, 3.63) is 17.5 Å². The summed E-state index contributed by atoms with van der Waals surface area (Å²) >= 11 is 0. The summed E-state index contributed by atoms with van der Waals surface area (Å²) in [7, 11) is -3.25. The highest BCUT2D eigenvalue weighted by molar-refractivity contribution is 7.89. The molecule has 1 aromatic heterocycles. The van der Waals surface area contributed by atoms with Crippen molar-refractivity contribution >= 4 is 15.9 Å². The largest absolute Gasteiger partial charge is 0.360 e. The van der Waals surface area contributed by atoms with Crippen molar-refractivity contribution in [3.8, 4) is 0 Å². The molecule has 1 aromatic rings. The highest BCUT2D eigenvalue weighted by Gasteiger charge is 2.35. The average molecular weight is 411 g/mol. The number of amides is 1. The zero-order valence-corrected chi connectivity index (χ0v) is 17.2. The highest BCUT2D eigenvalue weighted by Crippen LogP contribution is 2.40. The quantitative estimate of drug-likeness (QED) is 0.733. The summed E-state index contributed by atoms with van der Waals surface area (Å²) in [4.78, 5) is 12.5. The Morgan fingerprint density at radius 1 is 1.29 bits per heavy atom. The van der Waals surface area contributed by atoms with Crippen LogP contribution >= 0.6 is 0 Å². The van der Waals surface area contributed by atoms with E-state index in [9.17, 15) is 13.2 Å². The highest BCUT2D eigenvalue weighted by atomic mass is 32.2. The molecule has 2 N–H and O–H groups in total. The Balaban J connectivity index is 1.30. The fourth-order valence-corrected chi connectivity index (χ4v) is 6.21. The van der Waals surface area contributed by atoms with Gasteiger partial charge in [0.25, 0.3) is 5.91 Å². The van der Waals surface area contributed by atoms with Crippen molar-refractivity contribution in [1.82, 2.24) is 20.1 Å². The minimum Gasteiger partial charge on any atom is -0.360 e. The summed E-state index contributed by atoms with van der Waals surface area (Å²) in [6.45, 7) is 4.69. The lowest BCUT2D eigenvalue weighted by molar-refractivity contribution is 0.0892. The van der Waals surface area contributed by atoms with Crippen molar-refractivity contribution in [2.75, 3.05) is 31.9 Å². The molecule has 9 heteroatoms. The van der Waals surface area contributed by atoms with Gasteiger partial charge in [-0.25, -0.2) is 12.7 Å². The molecular formula is C19H30N4O4S. The van der Waals surface area contributed by atoms with Crippen LogP contribution in [-0.4, -0.2) is 61.8 Å². The summed E-state index contributed by atoms with van der Waals surface area (Å²) in [6, 6.07) is 1.68. The number of hydrogen-bond acceptors (Lipinski definition) is 6. The average Bonchev–Trinajstić information content (AvgIpc) is 3.40. The fourth-order valence-electron chi connectivity index (χ4n) is 4.22. The Hall–Kier alpha value is -1.45. The van der Waals surface area contributed by atoms with E-state index in [-0.39, 0.29) is 29.5 Å². The molecule has 28 heavy (non-hydrogen) atoms. The Kier molecular flexibility index (Phi) is 5.76. The second kappa shape index (κ2) is 8.12. The molecule has 0 bridgehead atoms. The fraction of sp³-hybridized carbons (Fsp3) is 0.789. The number of sulfonamides is 1. The Morgan fingerprint density at radius 2 is 2.04 bits per heavy atom. The van der Waals surface area contributed by atoms with E-state index < -0.39 is 10.0 Å². The van der Waals surface area contributed by atoms with Gasteiger partial charge in [0.15, 0.2) is 5.69 Å². The third kappa shape index (κ3) is 4.58. The van der Waals surface area contributed by atoms with Gasteiger partial charge in [-0.2, -0.15) is 0 Å². The van der Waals surface area contributed by atoms with Gasteiger partial charge in [0.2, 0.25) is 10.0 Å². The Morgan fingerprint density at radius 3 is 2.71 bits per heavy atom. The number of piperidine rings is 2. The standard InChI is InChI=1S/C19H30N4O4S/c1-13-11-23(28(25,26)12-14-4-7-20-8-5-14)9-6-16(13)21-19(24)17-10-18(27-22-17)15-2-3-15/h10,13-16,20H,2-9,11-12H2,1H3,(H,21,24)/t13-,16+/m0/s1. The molecule has 0 spiro atoms. The van der Waals surface area contributed by atoms with Crippen molar-refractivity contribution < 1.29 is 17.7 Å². The second-order valence-electron chi connectivity index (χ2n) is 8.56. The molecule has 1 aliphatic carbocycles. The third-order valence-electron chi connectivity index (χ3n) is 6.22. The van der Waals surface area contributed by atoms with Gasteiger partial charge in [-0.05, 0) is 57.0 Å². The molecule has 1 saturated carbocycles. The van der Waals surface area contributed by atoms with Crippen LogP contribution in [0.4, 0.5) is 0 Å². The number of aromatic nitrogens is 1. The summed E-state index contributed by atoms with van der Waals surface area (Å²) < 4.78 is 32.5. The van der Waals surface area contributed by atoms with Gasteiger partial charge in [0, 0.05) is 31.1 Å². The van der Waals surface area contributed by atoms with Crippen LogP contribution in [0.1, 0.15) is 61.2 Å². The summed E-state index contributed by atoms with van der Waals surface area (Å²) in [5.74, 6) is 1.50. The smallest absolute Gasteiger partial charge is 0.273 e. The van der Waals surface area contributed by atoms with Crippen LogP contribution in [0, 0.1) is 11.8 Å². The van der Waals surface area contributed by atoms with Gasteiger partial charge in [-0.15, -0.1) is 0 Å². The van der Waals surface area contributed by atoms with Gasteiger partial charge in [-0.3, -0.25) is 4.79 Å². The van der Waals surface area contributed by atoms with Crippen LogP contribution in [-0.2, 0) is 10.0 Å². The molecule has 3 aliphatic rings. The molecule has 2 aliphatic heterocycles. The number of hydrogen-bond donors (Lipinski definition) is 2. The van der Waals surface area contributed by atoms with Crippen molar-refractivity contribution in [3.63, 3.8) is 0 Å². The lowest BCUT2D eigenvalue weighted by atomic mass is 9.95. The maximum Gasteiger partial charge on any atom is 0.273 e. The predicted molar refractivity (Wildman–Crippen MR) is 104 cm³/mol. The minimum atomic E-state index is -3.25. The first-order valence-electron chi connectivity index (χ1n) is 10.4. The molecule has 1 amide bonds. The minimum absolute atomic E-state index is 0.0512. The van der Waals surface area contributed by atoms with E-state index in [1.165, 1.54) is 0 Å². The molecule has 3 heterocycles. The molecule has 0 aromatic carbocycles. The van der Waals surface area contributed by atoms with Crippen LogP contribution < -0.4 is 10.6 Å². The first kappa shape index (κ1) is 19.8. The molecular weight excluding hydrogens is 380 g/mol. The van der Waals surface area contributed by atoms with Crippen LogP contribution in [0.25, 0.3) is 0 Å². The number of nitrogens with one attached hydrogen (secondary N) is 2. The normalized spacial score (nSPS) is 27.6. The van der Waals surface area contributed by atoms with Gasteiger partial charge in [-0.1, -0.05) is 12.1 Å². The van der Waals surface area contributed by atoms with E-state index in [1.807, 2.05) is 6.92 Å². The molecule has 0 radical (unpaired) electrons. The maximum absolute atomic E-state index is 12.8. The number of carbonyl (C=O) groups excluding carboxylic acids is 1. The third-order valence-corrected chi connectivity index (χ3v) is 8.23. The molecule has 156 valence electrons. The lowest BCUT2D eigenvalue weighted by Crippen LogP contribution is -2.52. The van der Waals surface area contributed by atoms with Crippen LogP contribution in [0.3, 0.4) is 0 Å². The predicted octanol–water partition coefficient (Wildman–Crippen LogP) is 1.32. The molecule has 2 saturated heterocycles. The van der Waals surface area contributed by atoms with Gasteiger partial charge in [0.05, 0.1) is 5.75 Å². The van der Waals surface area contributed by atoms with Crippen LogP contribution in [0.2, 0.25) is 0 Å². The van der Waals surface area contributed by atoms with Gasteiger partial charge >= 0.3 is 0 Å². The maximum atomic E-state index is 12.8. The SMILES string of the molecule is C[C@H]1CN(S(=O)(=O)CC2CCNCC2)CC[C@H]1NC(=O)c1cc(C2CC2)on1. The van der Waals surface area contributed by atoms with Gasteiger partial charge < -0.3 is 15.2 Å². The second-order valence-corrected chi connectivity index (χ2v) is 10.6. The van der Waals surface area contributed by atoms with Crippen LogP contribution in [0.15, 0.2) is 10.6 Å². The van der Waals surface area contributed by atoms with E-state index in [2.05, 4.69) is 15.8 Å². The topological polar surface area (TPSA) is 105 Å². The van der Waals surface area contributed by atoms with Crippen LogP contribution in [0.5, 0.6) is 0 Å². The molecule has 2 atom stereocenters. The zero-order chi connectivity index (χ0) is 19.7. The Bertz CT molecular complexity index is 799. The molecule has 8 nitrogen and oxygen atoms in total. The zero-order valence-electron chi connectivity index (χ0n) is 16.4. The summed E-state index contributed by atoms with van der Waals surface area (Å²) in [5.41, 5.74) is 0.315. The van der Waals surface area contributed by atoms with E-state index >= 15 is 0 Å². The first-order chi connectivity index (χ1) is 13.4. The number of nitrogens with zero attached hydrogens (tertiary/aromatic N) is 2. The Labute approximate surface area is 166 Å². The van der Waals surface area contributed by atoms with E-state index in [4.69, 9.17) is 4.52 Å².